The Kier molecular flexibility index (Phi) is 5.59. The molecule has 21 heavy (non-hydrogen) atoms. The maximum atomic E-state index is 13.5. The lowest BCUT2D eigenvalue weighted by atomic mass is 10.1. The summed E-state index contributed by atoms with van der Waals surface area (Å²) in [5.74, 6) is -0.219. The number of anilines is 1. The van der Waals surface area contributed by atoms with Gasteiger partial charge in [0.2, 0.25) is 0 Å². The molecule has 0 aliphatic carbocycles. The summed E-state index contributed by atoms with van der Waals surface area (Å²) in [6, 6.07) is 14.8. The highest BCUT2D eigenvalue weighted by molar-refractivity contribution is 6.30. The molecule has 0 aliphatic heterocycles. The van der Waals surface area contributed by atoms with E-state index in [0.717, 1.165) is 11.6 Å². The van der Waals surface area contributed by atoms with Crippen LogP contribution in [0.15, 0.2) is 48.5 Å². The van der Waals surface area contributed by atoms with E-state index >= 15 is 0 Å². The number of nitrogens with one attached hydrogen (secondary N) is 1. The van der Waals surface area contributed by atoms with Gasteiger partial charge in [0, 0.05) is 24.2 Å². The molecule has 0 aliphatic rings. The number of hydrogen-bond donors (Lipinski definition) is 1. The molecule has 2 aromatic rings. The van der Waals surface area contributed by atoms with E-state index in [4.69, 9.17) is 11.6 Å². The fourth-order valence-corrected chi connectivity index (χ4v) is 2.38. The van der Waals surface area contributed by atoms with Gasteiger partial charge in [-0.05, 0) is 43.8 Å². The van der Waals surface area contributed by atoms with E-state index in [9.17, 15) is 4.39 Å². The summed E-state index contributed by atoms with van der Waals surface area (Å²) in [5.41, 5.74) is 1.72. The smallest absolute Gasteiger partial charge is 0.146 e. The monoisotopic (exact) mass is 306 g/mol. The van der Waals surface area contributed by atoms with Crippen LogP contribution in [-0.4, -0.2) is 25.0 Å². The Bertz CT molecular complexity index is 589. The second-order valence-corrected chi connectivity index (χ2v) is 5.55. The summed E-state index contributed by atoms with van der Waals surface area (Å²) in [7, 11) is 2.05. The van der Waals surface area contributed by atoms with Crippen molar-refractivity contribution in [2.24, 2.45) is 0 Å². The van der Waals surface area contributed by atoms with Crippen LogP contribution in [0.2, 0.25) is 5.02 Å². The maximum absolute atomic E-state index is 13.5. The van der Waals surface area contributed by atoms with Crippen LogP contribution < -0.4 is 5.32 Å². The molecule has 1 atom stereocenters. The van der Waals surface area contributed by atoms with E-state index in [1.54, 1.807) is 12.1 Å². The van der Waals surface area contributed by atoms with E-state index in [-0.39, 0.29) is 11.9 Å². The highest BCUT2D eigenvalue weighted by Gasteiger charge is 2.11. The predicted molar refractivity (Wildman–Crippen MR) is 87.4 cm³/mol. The van der Waals surface area contributed by atoms with Gasteiger partial charge in [-0.2, -0.15) is 0 Å². The molecule has 112 valence electrons. The van der Waals surface area contributed by atoms with Crippen molar-refractivity contribution in [3.05, 3.63) is 64.9 Å². The average Bonchev–Trinajstić information content (AvgIpc) is 2.48. The topological polar surface area (TPSA) is 15.3 Å². The Labute approximate surface area is 130 Å². The lowest BCUT2D eigenvalue weighted by molar-refractivity contribution is 0.271. The van der Waals surface area contributed by atoms with E-state index < -0.39 is 0 Å². The van der Waals surface area contributed by atoms with E-state index in [1.165, 1.54) is 11.6 Å². The zero-order chi connectivity index (χ0) is 15.2. The molecule has 0 saturated carbocycles. The molecule has 0 saturated heterocycles. The van der Waals surface area contributed by atoms with Crippen LogP contribution >= 0.6 is 11.6 Å². The van der Waals surface area contributed by atoms with Crippen molar-refractivity contribution in [1.29, 1.82) is 0 Å². The normalized spacial score (nSPS) is 12.4. The van der Waals surface area contributed by atoms with E-state index in [2.05, 4.69) is 30.3 Å². The first-order valence-corrected chi connectivity index (χ1v) is 7.40. The zero-order valence-corrected chi connectivity index (χ0v) is 13.1. The SMILES string of the molecule is CC(c1cccc(Cl)c1)N(C)CCNc1ccccc1F. The van der Waals surface area contributed by atoms with Crippen molar-refractivity contribution >= 4 is 17.3 Å². The summed E-state index contributed by atoms with van der Waals surface area (Å²) < 4.78 is 13.5. The van der Waals surface area contributed by atoms with Gasteiger partial charge in [0.15, 0.2) is 0 Å². The fraction of sp³-hybridized carbons (Fsp3) is 0.294. The molecular weight excluding hydrogens is 287 g/mol. The van der Waals surface area contributed by atoms with E-state index in [0.29, 0.717) is 12.2 Å². The number of nitrogens with zero attached hydrogens (tertiary/aromatic N) is 1. The van der Waals surface area contributed by atoms with Crippen molar-refractivity contribution in [2.75, 3.05) is 25.5 Å². The van der Waals surface area contributed by atoms with Crippen LogP contribution in [0.1, 0.15) is 18.5 Å². The molecular formula is C17H20ClFN2. The third-order valence-corrected chi connectivity index (χ3v) is 3.88. The molecule has 2 nitrogen and oxygen atoms in total. The molecule has 4 heteroatoms. The molecule has 2 rings (SSSR count). The van der Waals surface area contributed by atoms with Gasteiger partial charge < -0.3 is 5.32 Å². The van der Waals surface area contributed by atoms with Crippen LogP contribution in [0, 0.1) is 5.82 Å². The molecule has 0 aromatic heterocycles. The van der Waals surface area contributed by atoms with E-state index in [1.807, 2.05) is 24.3 Å². The first-order valence-electron chi connectivity index (χ1n) is 7.02. The first-order chi connectivity index (χ1) is 10.1. The Balaban J connectivity index is 1.87. The van der Waals surface area contributed by atoms with Crippen molar-refractivity contribution in [1.82, 2.24) is 4.90 Å². The van der Waals surface area contributed by atoms with Gasteiger partial charge in [-0.25, -0.2) is 4.39 Å². The third kappa shape index (κ3) is 4.45. The summed E-state index contributed by atoms with van der Waals surface area (Å²) >= 11 is 6.02. The highest BCUT2D eigenvalue weighted by Crippen LogP contribution is 2.21. The Hall–Kier alpha value is -1.58. The lowest BCUT2D eigenvalue weighted by Gasteiger charge is -2.25. The molecule has 1 N–H and O–H groups in total. The van der Waals surface area contributed by atoms with Crippen LogP contribution in [0.25, 0.3) is 0 Å². The van der Waals surface area contributed by atoms with Gasteiger partial charge in [-0.1, -0.05) is 35.9 Å². The maximum Gasteiger partial charge on any atom is 0.146 e. The quantitative estimate of drug-likeness (QED) is 0.840. The molecule has 0 heterocycles. The van der Waals surface area contributed by atoms with Crippen molar-refractivity contribution in [3.8, 4) is 0 Å². The van der Waals surface area contributed by atoms with Crippen molar-refractivity contribution in [2.45, 2.75) is 13.0 Å². The summed E-state index contributed by atoms with van der Waals surface area (Å²) in [6.07, 6.45) is 0. The Morgan fingerprint density at radius 3 is 2.67 bits per heavy atom. The predicted octanol–water partition coefficient (Wildman–Crippen LogP) is 4.58. The number of para-hydroxylation sites is 1. The Morgan fingerprint density at radius 1 is 1.19 bits per heavy atom. The van der Waals surface area contributed by atoms with Gasteiger partial charge in [0.05, 0.1) is 5.69 Å². The molecule has 0 bridgehead atoms. The molecule has 0 spiro atoms. The molecule has 2 aromatic carbocycles. The largest absolute Gasteiger partial charge is 0.381 e. The minimum absolute atomic E-state index is 0.219. The van der Waals surface area contributed by atoms with Crippen molar-refractivity contribution < 1.29 is 4.39 Å². The fourth-order valence-electron chi connectivity index (χ4n) is 2.19. The van der Waals surface area contributed by atoms with Gasteiger partial charge >= 0.3 is 0 Å². The van der Waals surface area contributed by atoms with Crippen molar-refractivity contribution in [3.63, 3.8) is 0 Å². The second-order valence-electron chi connectivity index (χ2n) is 5.12. The molecule has 0 radical (unpaired) electrons. The highest BCUT2D eigenvalue weighted by atomic mass is 35.5. The Morgan fingerprint density at radius 2 is 1.95 bits per heavy atom. The average molecular weight is 307 g/mol. The molecule has 0 fully saturated rings. The van der Waals surface area contributed by atoms with Crippen LogP contribution in [0.3, 0.4) is 0 Å². The van der Waals surface area contributed by atoms with Gasteiger partial charge in [-0.15, -0.1) is 0 Å². The number of rotatable bonds is 6. The van der Waals surface area contributed by atoms with Crippen LogP contribution in [0.4, 0.5) is 10.1 Å². The minimum Gasteiger partial charge on any atom is -0.381 e. The van der Waals surface area contributed by atoms with Gasteiger partial charge in [0.1, 0.15) is 5.82 Å². The minimum atomic E-state index is -0.219. The molecule has 0 amide bonds. The number of likely N-dealkylation sites (N-methyl/N-ethyl adjacent to an activating group) is 1. The summed E-state index contributed by atoms with van der Waals surface area (Å²) in [5, 5.41) is 3.87. The summed E-state index contributed by atoms with van der Waals surface area (Å²) in [4.78, 5) is 2.21. The van der Waals surface area contributed by atoms with Gasteiger partial charge in [0.25, 0.3) is 0 Å². The van der Waals surface area contributed by atoms with Gasteiger partial charge in [-0.3, -0.25) is 4.90 Å². The number of halogens is 2. The lowest BCUT2D eigenvalue weighted by Crippen LogP contribution is -2.28. The number of hydrogen-bond acceptors (Lipinski definition) is 2. The number of benzene rings is 2. The third-order valence-electron chi connectivity index (χ3n) is 3.65. The van der Waals surface area contributed by atoms with Crippen LogP contribution in [-0.2, 0) is 0 Å². The zero-order valence-electron chi connectivity index (χ0n) is 12.3. The van der Waals surface area contributed by atoms with Crippen LogP contribution in [0.5, 0.6) is 0 Å². The first kappa shape index (κ1) is 15.8. The second kappa shape index (κ2) is 7.43. The standard InChI is InChI=1S/C17H20ClFN2/c1-13(14-6-5-7-15(18)12-14)21(2)11-10-20-17-9-4-3-8-16(17)19/h3-9,12-13,20H,10-11H2,1-2H3. The summed E-state index contributed by atoms with van der Waals surface area (Å²) in [6.45, 7) is 3.62. The molecule has 1 unspecified atom stereocenters.